The molecule has 0 spiro atoms. The van der Waals surface area contributed by atoms with Gasteiger partial charge in [0.05, 0.1) is 9.79 Å². The number of alkyl halides is 3. The maximum Gasteiger partial charge on any atom is 0.402 e. The second kappa shape index (κ2) is 6.11. The molecular formula is C10H11ClF3NO4S2. The Morgan fingerprint density at radius 1 is 1.05 bits per heavy atom. The van der Waals surface area contributed by atoms with Crippen LogP contribution in [0.25, 0.3) is 0 Å². The molecule has 0 heterocycles. The largest absolute Gasteiger partial charge is 0.402 e. The Balaban J connectivity index is 3.18. The molecule has 120 valence electrons. The third-order valence-electron chi connectivity index (χ3n) is 2.45. The molecule has 0 unspecified atom stereocenters. The summed E-state index contributed by atoms with van der Waals surface area (Å²) in [6.07, 6.45) is -4.68. The smallest absolute Gasteiger partial charge is 0.207 e. The zero-order chi connectivity index (χ0) is 16.5. The summed E-state index contributed by atoms with van der Waals surface area (Å²) in [4.78, 5) is -0.792. The molecule has 0 fully saturated rings. The van der Waals surface area contributed by atoms with E-state index < -0.39 is 36.7 Å². The molecule has 21 heavy (non-hydrogen) atoms. The Kier molecular flexibility index (Phi) is 5.30. The van der Waals surface area contributed by atoms with Crippen LogP contribution in [0, 0.1) is 0 Å². The van der Waals surface area contributed by atoms with Gasteiger partial charge in [-0.2, -0.15) is 17.5 Å². The van der Waals surface area contributed by atoms with Crippen molar-refractivity contribution in [3.63, 3.8) is 0 Å². The summed E-state index contributed by atoms with van der Waals surface area (Å²) in [5.74, 6) is 0. The summed E-state index contributed by atoms with van der Waals surface area (Å²) in [5.41, 5.74) is 0. The van der Waals surface area contributed by atoms with Gasteiger partial charge in [0.15, 0.2) is 0 Å². The van der Waals surface area contributed by atoms with Gasteiger partial charge in [0.25, 0.3) is 9.05 Å². The van der Waals surface area contributed by atoms with Crippen LogP contribution in [0.15, 0.2) is 34.1 Å². The lowest BCUT2D eigenvalue weighted by molar-refractivity contribution is -0.135. The van der Waals surface area contributed by atoms with Gasteiger partial charge >= 0.3 is 6.18 Å². The molecule has 0 aliphatic carbocycles. The standard InChI is InChI=1S/C10H11ClF3NO4S2/c1-2-15(7-10(12,13)14)21(18,19)9-5-3-8(4-6-9)20(11,16)17/h3-6H,2,7H2,1H3. The number of rotatable bonds is 5. The van der Waals surface area contributed by atoms with E-state index in [0.717, 1.165) is 24.3 Å². The lowest BCUT2D eigenvalue weighted by Gasteiger charge is -2.21. The molecule has 0 N–H and O–H groups in total. The van der Waals surface area contributed by atoms with Crippen LogP contribution in [-0.4, -0.2) is 40.4 Å². The molecule has 0 aliphatic rings. The molecule has 1 aromatic rings. The fourth-order valence-electron chi connectivity index (χ4n) is 1.49. The minimum atomic E-state index is -4.68. The Morgan fingerprint density at radius 2 is 1.48 bits per heavy atom. The minimum Gasteiger partial charge on any atom is -0.207 e. The minimum absolute atomic E-state index is 0.247. The molecule has 0 radical (unpaired) electrons. The number of hydrogen-bond acceptors (Lipinski definition) is 4. The van der Waals surface area contributed by atoms with E-state index in [4.69, 9.17) is 10.7 Å². The molecule has 1 rings (SSSR count). The number of nitrogens with zero attached hydrogens (tertiary/aromatic N) is 1. The highest BCUT2D eigenvalue weighted by Gasteiger charge is 2.36. The van der Waals surface area contributed by atoms with E-state index >= 15 is 0 Å². The van der Waals surface area contributed by atoms with Crippen LogP contribution in [0.3, 0.4) is 0 Å². The van der Waals surface area contributed by atoms with Crippen LogP contribution in [0.2, 0.25) is 0 Å². The Morgan fingerprint density at radius 3 is 1.81 bits per heavy atom. The van der Waals surface area contributed by atoms with Crippen molar-refractivity contribution in [2.45, 2.75) is 22.9 Å². The predicted octanol–water partition coefficient (Wildman–Crippen LogP) is 2.19. The first-order valence-electron chi connectivity index (χ1n) is 5.49. The fourth-order valence-corrected chi connectivity index (χ4v) is 3.69. The van der Waals surface area contributed by atoms with E-state index in [1.54, 1.807) is 0 Å². The third-order valence-corrected chi connectivity index (χ3v) is 5.76. The van der Waals surface area contributed by atoms with E-state index in [1.807, 2.05) is 0 Å². The molecule has 0 aliphatic heterocycles. The van der Waals surface area contributed by atoms with Crippen LogP contribution in [-0.2, 0) is 19.1 Å². The quantitative estimate of drug-likeness (QED) is 0.750. The number of hydrogen-bond donors (Lipinski definition) is 0. The average molecular weight is 366 g/mol. The van der Waals surface area contributed by atoms with Crippen molar-refractivity contribution in [2.24, 2.45) is 0 Å². The van der Waals surface area contributed by atoms with Gasteiger partial charge in [0.2, 0.25) is 10.0 Å². The maximum atomic E-state index is 12.4. The molecule has 0 bridgehead atoms. The van der Waals surface area contributed by atoms with Gasteiger partial charge in [0.1, 0.15) is 6.54 Å². The SMILES string of the molecule is CCN(CC(F)(F)F)S(=O)(=O)c1ccc(S(=O)(=O)Cl)cc1. The monoisotopic (exact) mass is 365 g/mol. The van der Waals surface area contributed by atoms with Crippen molar-refractivity contribution in [3.8, 4) is 0 Å². The summed E-state index contributed by atoms with van der Waals surface area (Å²) in [6.45, 7) is -0.736. The highest BCUT2D eigenvalue weighted by Crippen LogP contribution is 2.24. The van der Waals surface area contributed by atoms with Gasteiger partial charge in [-0.05, 0) is 24.3 Å². The molecule has 0 saturated heterocycles. The summed E-state index contributed by atoms with van der Waals surface area (Å²) in [5, 5.41) is 0. The van der Waals surface area contributed by atoms with Gasteiger partial charge in [-0.15, -0.1) is 0 Å². The Labute approximate surface area is 124 Å². The summed E-state index contributed by atoms with van der Waals surface area (Å²) in [7, 11) is -3.34. The van der Waals surface area contributed by atoms with E-state index in [1.165, 1.54) is 6.92 Å². The maximum absolute atomic E-state index is 12.4. The van der Waals surface area contributed by atoms with Crippen molar-refractivity contribution in [2.75, 3.05) is 13.1 Å². The van der Waals surface area contributed by atoms with Gasteiger partial charge in [0, 0.05) is 17.2 Å². The van der Waals surface area contributed by atoms with Gasteiger partial charge in [-0.3, -0.25) is 0 Å². The van der Waals surface area contributed by atoms with E-state index in [2.05, 4.69) is 0 Å². The Bertz CT molecular complexity index is 699. The topological polar surface area (TPSA) is 71.5 Å². The van der Waals surface area contributed by atoms with Gasteiger partial charge in [-0.1, -0.05) is 6.92 Å². The van der Waals surface area contributed by atoms with Crippen molar-refractivity contribution in [1.82, 2.24) is 4.31 Å². The average Bonchev–Trinajstić information content (AvgIpc) is 2.34. The first-order chi connectivity index (χ1) is 9.38. The lowest BCUT2D eigenvalue weighted by Crippen LogP contribution is -2.38. The molecule has 5 nitrogen and oxygen atoms in total. The molecule has 0 amide bonds. The van der Waals surface area contributed by atoms with Crippen LogP contribution < -0.4 is 0 Å². The molecule has 1 aromatic carbocycles. The normalized spacial score (nSPS) is 13.6. The van der Waals surface area contributed by atoms with Crippen LogP contribution in [0.1, 0.15) is 6.92 Å². The van der Waals surface area contributed by atoms with E-state index in [0.29, 0.717) is 0 Å². The van der Waals surface area contributed by atoms with Gasteiger partial charge in [-0.25, -0.2) is 16.8 Å². The molecule has 0 atom stereocenters. The summed E-state index contributed by atoms with van der Waals surface area (Å²) >= 11 is 0. The van der Waals surface area contributed by atoms with E-state index in [9.17, 15) is 30.0 Å². The second-order valence-corrected chi connectivity index (χ2v) is 8.46. The predicted molar refractivity (Wildman–Crippen MR) is 70.0 cm³/mol. The van der Waals surface area contributed by atoms with E-state index in [-0.39, 0.29) is 15.7 Å². The molecular weight excluding hydrogens is 355 g/mol. The van der Waals surface area contributed by atoms with Crippen molar-refractivity contribution in [3.05, 3.63) is 24.3 Å². The van der Waals surface area contributed by atoms with Crippen LogP contribution in [0.4, 0.5) is 13.2 Å². The zero-order valence-corrected chi connectivity index (χ0v) is 13.0. The second-order valence-electron chi connectivity index (χ2n) is 3.96. The first kappa shape index (κ1) is 18.2. The highest BCUT2D eigenvalue weighted by atomic mass is 35.7. The number of halogens is 4. The number of benzene rings is 1. The lowest BCUT2D eigenvalue weighted by atomic mass is 10.4. The molecule has 11 heteroatoms. The van der Waals surface area contributed by atoms with Crippen LogP contribution in [0.5, 0.6) is 0 Å². The fraction of sp³-hybridized carbons (Fsp3) is 0.400. The highest BCUT2D eigenvalue weighted by molar-refractivity contribution is 8.13. The number of sulfonamides is 1. The van der Waals surface area contributed by atoms with Crippen LogP contribution >= 0.6 is 10.7 Å². The van der Waals surface area contributed by atoms with Crippen molar-refractivity contribution >= 4 is 29.8 Å². The summed E-state index contributed by atoms with van der Waals surface area (Å²) in [6, 6.07) is 3.61. The molecule has 0 saturated carbocycles. The van der Waals surface area contributed by atoms with Crippen molar-refractivity contribution < 1.29 is 30.0 Å². The summed E-state index contributed by atoms with van der Waals surface area (Å²) < 4.78 is 83.5. The van der Waals surface area contributed by atoms with Crippen molar-refractivity contribution in [1.29, 1.82) is 0 Å². The zero-order valence-electron chi connectivity index (χ0n) is 10.6. The Hall–Kier alpha value is -0.840. The molecule has 0 aromatic heterocycles. The van der Waals surface area contributed by atoms with Gasteiger partial charge < -0.3 is 0 Å². The first-order valence-corrected chi connectivity index (χ1v) is 9.24. The third kappa shape index (κ3) is 4.83.